The summed E-state index contributed by atoms with van der Waals surface area (Å²) in [5.74, 6) is -1.48. The number of carboxylic acids is 1. The molecule has 1 aliphatic heterocycles. The normalized spacial score (nSPS) is 20.5. The van der Waals surface area contributed by atoms with Gasteiger partial charge < -0.3 is 5.11 Å². The van der Waals surface area contributed by atoms with Gasteiger partial charge in [0.1, 0.15) is 5.92 Å². The van der Waals surface area contributed by atoms with Gasteiger partial charge in [-0.25, -0.2) is 0 Å². The Balaban J connectivity index is 2.14. The molecule has 2 unspecified atom stereocenters. The van der Waals surface area contributed by atoms with Crippen LogP contribution in [0.15, 0.2) is 53.6 Å². The third-order valence-electron chi connectivity index (χ3n) is 4.52. The van der Waals surface area contributed by atoms with Crippen LogP contribution in [0.5, 0.6) is 0 Å². The Morgan fingerprint density at radius 3 is 2.39 bits per heavy atom. The quantitative estimate of drug-likeness (QED) is 0.934. The molecule has 23 heavy (non-hydrogen) atoms. The highest BCUT2D eigenvalue weighted by Crippen LogP contribution is 2.40. The number of nitrogens with zero attached hydrogens (tertiary/aromatic N) is 2. The zero-order valence-electron chi connectivity index (χ0n) is 13.5. The predicted molar refractivity (Wildman–Crippen MR) is 91.8 cm³/mol. The van der Waals surface area contributed by atoms with Crippen LogP contribution in [0.3, 0.4) is 0 Å². The molecule has 0 radical (unpaired) electrons. The number of hydrogen-bond acceptors (Lipinski definition) is 3. The molecule has 0 aromatic heterocycles. The Labute approximate surface area is 136 Å². The Bertz CT molecular complexity index is 768. The van der Waals surface area contributed by atoms with E-state index in [1.807, 2.05) is 54.4 Å². The van der Waals surface area contributed by atoms with Crippen molar-refractivity contribution in [1.82, 2.24) is 0 Å². The lowest BCUT2D eigenvalue weighted by Gasteiger charge is -2.28. The van der Waals surface area contributed by atoms with Gasteiger partial charge in [-0.05, 0) is 43.5 Å². The minimum Gasteiger partial charge on any atom is -0.481 e. The maximum atomic E-state index is 11.8. The number of carboxylic acid groups (broad SMARTS) is 1. The molecule has 0 bridgehead atoms. The first-order valence-corrected chi connectivity index (χ1v) is 7.69. The summed E-state index contributed by atoms with van der Waals surface area (Å²) in [4.78, 5) is 11.8. The maximum Gasteiger partial charge on any atom is 0.314 e. The van der Waals surface area contributed by atoms with Gasteiger partial charge in [0.05, 0.1) is 17.4 Å². The third-order valence-corrected chi connectivity index (χ3v) is 4.52. The summed E-state index contributed by atoms with van der Waals surface area (Å²) in [6.07, 6.45) is 0. The van der Waals surface area contributed by atoms with Crippen molar-refractivity contribution in [1.29, 1.82) is 0 Å². The van der Waals surface area contributed by atoms with Crippen molar-refractivity contribution >= 4 is 17.4 Å². The van der Waals surface area contributed by atoms with Gasteiger partial charge in [-0.3, -0.25) is 9.80 Å². The third kappa shape index (κ3) is 2.61. The van der Waals surface area contributed by atoms with Crippen LogP contribution in [0.25, 0.3) is 0 Å². The van der Waals surface area contributed by atoms with E-state index in [0.717, 1.165) is 16.8 Å². The number of carbonyl (C=O) groups is 1. The predicted octanol–water partition coefficient (Wildman–Crippen LogP) is 3.94. The Hall–Kier alpha value is -2.62. The Morgan fingerprint density at radius 2 is 1.74 bits per heavy atom. The molecule has 1 aliphatic rings. The molecular weight excluding hydrogens is 288 g/mol. The highest BCUT2D eigenvalue weighted by molar-refractivity contribution is 6.03. The first kappa shape index (κ1) is 15.3. The zero-order valence-corrected chi connectivity index (χ0v) is 13.5. The summed E-state index contributed by atoms with van der Waals surface area (Å²) in [5, 5.41) is 16.2. The van der Waals surface area contributed by atoms with Crippen molar-refractivity contribution in [3.05, 3.63) is 65.2 Å². The molecule has 0 amide bonds. The average Bonchev–Trinajstić information content (AvgIpc) is 2.88. The number of hydrazone groups is 1. The van der Waals surface area contributed by atoms with Crippen LogP contribution >= 0.6 is 0 Å². The maximum absolute atomic E-state index is 11.8. The molecule has 1 N–H and O–H groups in total. The van der Waals surface area contributed by atoms with Gasteiger partial charge in [0.15, 0.2) is 0 Å². The van der Waals surface area contributed by atoms with E-state index in [-0.39, 0.29) is 6.04 Å². The number of rotatable bonds is 3. The summed E-state index contributed by atoms with van der Waals surface area (Å²) in [5.41, 5.74) is 4.84. The van der Waals surface area contributed by atoms with E-state index in [1.165, 1.54) is 5.56 Å². The van der Waals surface area contributed by atoms with E-state index >= 15 is 0 Å². The molecule has 3 rings (SSSR count). The Kier molecular flexibility index (Phi) is 3.90. The van der Waals surface area contributed by atoms with Crippen molar-refractivity contribution in [3.8, 4) is 0 Å². The van der Waals surface area contributed by atoms with Crippen LogP contribution < -0.4 is 5.01 Å². The van der Waals surface area contributed by atoms with Gasteiger partial charge in [-0.2, -0.15) is 5.10 Å². The lowest BCUT2D eigenvalue weighted by molar-refractivity contribution is -0.139. The van der Waals surface area contributed by atoms with Gasteiger partial charge in [0, 0.05) is 0 Å². The fraction of sp³-hybridized carbons (Fsp3) is 0.263. The van der Waals surface area contributed by atoms with Crippen molar-refractivity contribution < 1.29 is 9.90 Å². The minimum absolute atomic E-state index is 0.325. The summed E-state index contributed by atoms with van der Waals surface area (Å²) >= 11 is 0. The van der Waals surface area contributed by atoms with Crippen molar-refractivity contribution in [2.45, 2.75) is 26.8 Å². The van der Waals surface area contributed by atoms with Gasteiger partial charge in [0.2, 0.25) is 0 Å². The van der Waals surface area contributed by atoms with Crippen LogP contribution in [0.2, 0.25) is 0 Å². The highest BCUT2D eigenvalue weighted by Gasteiger charge is 2.42. The molecule has 0 saturated heterocycles. The summed E-state index contributed by atoms with van der Waals surface area (Å²) in [7, 11) is 0. The number of aryl methyl sites for hydroxylation is 1. The summed E-state index contributed by atoms with van der Waals surface area (Å²) in [6.45, 7) is 5.89. The van der Waals surface area contributed by atoms with Gasteiger partial charge in [-0.1, -0.05) is 42.5 Å². The molecule has 0 saturated carbocycles. The second kappa shape index (κ2) is 5.88. The van der Waals surface area contributed by atoms with E-state index in [2.05, 4.69) is 18.1 Å². The number of benzene rings is 2. The van der Waals surface area contributed by atoms with Crippen LogP contribution in [0, 0.1) is 19.8 Å². The van der Waals surface area contributed by atoms with Crippen LogP contribution in [0.4, 0.5) is 5.69 Å². The van der Waals surface area contributed by atoms with E-state index in [4.69, 9.17) is 0 Å². The molecule has 2 aromatic carbocycles. The van der Waals surface area contributed by atoms with Crippen molar-refractivity contribution in [3.63, 3.8) is 0 Å². The molecule has 2 aromatic rings. The van der Waals surface area contributed by atoms with Gasteiger partial charge >= 0.3 is 5.97 Å². The van der Waals surface area contributed by atoms with Crippen LogP contribution in [0.1, 0.15) is 29.7 Å². The van der Waals surface area contributed by atoms with E-state index < -0.39 is 11.9 Å². The molecule has 0 spiro atoms. The van der Waals surface area contributed by atoms with E-state index in [1.54, 1.807) is 6.92 Å². The fourth-order valence-corrected chi connectivity index (χ4v) is 3.15. The second-order valence-corrected chi connectivity index (χ2v) is 5.98. The molecular formula is C19H20N2O2. The largest absolute Gasteiger partial charge is 0.481 e. The number of hydrogen-bond donors (Lipinski definition) is 1. The molecule has 4 heteroatoms. The first-order chi connectivity index (χ1) is 11.0. The first-order valence-electron chi connectivity index (χ1n) is 7.69. The lowest BCUT2D eigenvalue weighted by Crippen LogP contribution is -2.30. The molecule has 4 nitrogen and oxygen atoms in total. The van der Waals surface area contributed by atoms with Crippen LogP contribution in [-0.2, 0) is 4.79 Å². The molecule has 0 aliphatic carbocycles. The second-order valence-electron chi connectivity index (χ2n) is 5.98. The van der Waals surface area contributed by atoms with Gasteiger partial charge in [0.25, 0.3) is 0 Å². The minimum atomic E-state index is -0.840. The summed E-state index contributed by atoms with van der Waals surface area (Å²) in [6, 6.07) is 15.4. The number of aliphatic carboxylic acids is 1. The topological polar surface area (TPSA) is 52.9 Å². The SMILES string of the molecule is CC1=NN(c2cccc(C)c2C)C(c2ccccc2)C1C(=O)O. The zero-order chi connectivity index (χ0) is 16.6. The molecule has 2 atom stereocenters. The fourth-order valence-electron chi connectivity index (χ4n) is 3.15. The lowest BCUT2D eigenvalue weighted by atomic mass is 9.90. The highest BCUT2D eigenvalue weighted by atomic mass is 16.4. The Morgan fingerprint density at radius 1 is 1.04 bits per heavy atom. The monoisotopic (exact) mass is 308 g/mol. The molecule has 1 heterocycles. The average molecular weight is 308 g/mol. The van der Waals surface area contributed by atoms with E-state index in [0.29, 0.717) is 5.71 Å². The van der Waals surface area contributed by atoms with Crippen LogP contribution in [-0.4, -0.2) is 16.8 Å². The van der Waals surface area contributed by atoms with E-state index in [9.17, 15) is 9.90 Å². The molecule has 118 valence electrons. The summed E-state index contributed by atoms with van der Waals surface area (Å²) < 4.78 is 0. The molecule has 0 fully saturated rings. The van der Waals surface area contributed by atoms with Crippen molar-refractivity contribution in [2.24, 2.45) is 11.0 Å². The smallest absolute Gasteiger partial charge is 0.314 e. The number of anilines is 1. The van der Waals surface area contributed by atoms with Gasteiger partial charge in [-0.15, -0.1) is 0 Å². The van der Waals surface area contributed by atoms with Crippen molar-refractivity contribution in [2.75, 3.05) is 5.01 Å². The standard InChI is InChI=1S/C19H20N2O2/c1-12-8-7-11-16(13(12)2)21-18(15-9-5-4-6-10-15)17(19(22)23)14(3)20-21/h4-11,17-18H,1-3H3,(H,22,23).